The fourth-order valence-electron chi connectivity index (χ4n) is 3.91. The molecule has 0 aliphatic carbocycles. The van der Waals surface area contributed by atoms with Crippen molar-refractivity contribution in [2.24, 2.45) is 5.92 Å². The molecule has 0 aliphatic heterocycles. The van der Waals surface area contributed by atoms with Gasteiger partial charge in [0.25, 0.3) is 10.0 Å². The van der Waals surface area contributed by atoms with E-state index in [9.17, 15) is 18.3 Å². The number of hydrogen-bond donors (Lipinski definition) is 3. The summed E-state index contributed by atoms with van der Waals surface area (Å²) in [7, 11) is -3.93. The van der Waals surface area contributed by atoms with Gasteiger partial charge in [-0.2, -0.15) is 0 Å². The van der Waals surface area contributed by atoms with Crippen molar-refractivity contribution in [1.82, 2.24) is 15.5 Å². The summed E-state index contributed by atoms with van der Waals surface area (Å²) in [6, 6.07) is 11.7. The normalized spacial score (nSPS) is 12.5. The smallest absolute Gasteiger partial charge is 0.407 e. The minimum absolute atomic E-state index is 0.0313. The summed E-state index contributed by atoms with van der Waals surface area (Å²) >= 11 is 1.38. The molecule has 0 saturated carbocycles. The second-order valence-electron chi connectivity index (χ2n) is 9.44. The molecule has 0 spiro atoms. The zero-order chi connectivity index (χ0) is 28.0. The molecule has 0 bridgehead atoms. The number of ether oxygens (including phenoxy) is 1. The van der Waals surface area contributed by atoms with Gasteiger partial charge >= 0.3 is 6.09 Å². The molecule has 0 radical (unpaired) electrons. The topological polar surface area (TPSA) is 161 Å². The third-order valence-electron chi connectivity index (χ3n) is 5.87. The van der Waals surface area contributed by atoms with Gasteiger partial charge in [0, 0.05) is 19.3 Å². The lowest BCUT2D eigenvalue weighted by Gasteiger charge is -2.27. The first-order chi connectivity index (χ1) is 18.6. The van der Waals surface area contributed by atoms with Crippen molar-refractivity contribution < 1.29 is 27.6 Å². The molecule has 2 heterocycles. The Bertz CT molecular complexity index is 1500. The fourth-order valence-corrected chi connectivity index (χ4v) is 6.06. The van der Waals surface area contributed by atoms with Gasteiger partial charge in [-0.3, -0.25) is 9.29 Å². The Kier molecular flexibility index (Phi) is 9.04. The van der Waals surface area contributed by atoms with Gasteiger partial charge in [-0.05, 0) is 54.7 Å². The van der Waals surface area contributed by atoms with Gasteiger partial charge in [0.05, 0.1) is 32.5 Å². The molecule has 2 aromatic carbocycles. The summed E-state index contributed by atoms with van der Waals surface area (Å²) in [5.74, 6) is 0.108. The van der Waals surface area contributed by atoms with Crippen LogP contribution < -0.4 is 15.4 Å². The standard InChI is InChI=1S/C26H31N5O6S2/c1-17(2)14-31(39(34,35)22-8-9-24-23(11-22)25(27)37-30-24)19-5-3-4-18(10-19)6-7-20(32)12-29-26(33)36-15-21-13-28-16-38-21/h3-5,8-11,13,16-17,20,32H,6-7,12,14-15,27H2,1-2H3,(H,29,33). The van der Waals surface area contributed by atoms with Crippen molar-refractivity contribution in [3.63, 3.8) is 0 Å². The quantitative estimate of drug-likeness (QED) is 0.228. The van der Waals surface area contributed by atoms with E-state index in [2.05, 4.69) is 15.5 Å². The molecule has 1 unspecified atom stereocenters. The number of nitrogens with two attached hydrogens (primary N) is 1. The number of rotatable bonds is 12. The Balaban J connectivity index is 1.41. The minimum atomic E-state index is -3.93. The van der Waals surface area contributed by atoms with Crippen LogP contribution in [0.4, 0.5) is 16.4 Å². The van der Waals surface area contributed by atoms with Crippen LogP contribution in [-0.2, 0) is 27.8 Å². The molecule has 4 rings (SSSR count). The zero-order valence-corrected chi connectivity index (χ0v) is 23.2. The summed E-state index contributed by atoms with van der Waals surface area (Å²) in [6.07, 6.45) is 1.04. The minimum Gasteiger partial charge on any atom is -0.444 e. The van der Waals surface area contributed by atoms with Crippen molar-refractivity contribution in [2.45, 2.75) is 44.3 Å². The summed E-state index contributed by atoms with van der Waals surface area (Å²) in [5, 5.41) is 17.2. The van der Waals surface area contributed by atoms with Gasteiger partial charge in [0.15, 0.2) is 0 Å². The van der Waals surface area contributed by atoms with E-state index in [1.165, 1.54) is 27.8 Å². The van der Waals surface area contributed by atoms with Crippen LogP contribution in [-0.4, -0.2) is 49.0 Å². The van der Waals surface area contributed by atoms with Gasteiger partial charge in [-0.25, -0.2) is 13.2 Å². The highest BCUT2D eigenvalue weighted by Crippen LogP contribution is 2.29. The maximum Gasteiger partial charge on any atom is 0.407 e. The van der Waals surface area contributed by atoms with Crippen LogP contribution in [0.15, 0.2) is 63.6 Å². The number of aliphatic hydroxyl groups is 1. The highest BCUT2D eigenvalue weighted by atomic mass is 32.2. The number of aromatic nitrogens is 2. The van der Waals surface area contributed by atoms with Crippen LogP contribution >= 0.6 is 11.3 Å². The van der Waals surface area contributed by atoms with Crippen LogP contribution in [0.2, 0.25) is 0 Å². The highest BCUT2D eigenvalue weighted by Gasteiger charge is 2.27. The molecule has 1 amide bonds. The number of carbonyl (C=O) groups is 1. The Morgan fingerprint density at radius 3 is 2.82 bits per heavy atom. The number of alkyl carbamates (subject to hydrolysis) is 1. The molecule has 0 fully saturated rings. The molecule has 4 aromatic rings. The van der Waals surface area contributed by atoms with Gasteiger partial charge in [0.1, 0.15) is 12.1 Å². The second kappa shape index (κ2) is 12.5. The molecule has 0 aliphatic rings. The van der Waals surface area contributed by atoms with E-state index in [1.807, 2.05) is 19.9 Å². The highest BCUT2D eigenvalue weighted by molar-refractivity contribution is 7.92. The summed E-state index contributed by atoms with van der Waals surface area (Å²) in [6.45, 7) is 4.30. The number of nitrogens with zero attached hydrogens (tertiary/aromatic N) is 3. The monoisotopic (exact) mass is 573 g/mol. The van der Waals surface area contributed by atoms with Gasteiger partial charge in [0.2, 0.25) is 5.88 Å². The lowest BCUT2D eigenvalue weighted by molar-refractivity contribution is 0.124. The van der Waals surface area contributed by atoms with Crippen molar-refractivity contribution in [3.8, 4) is 0 Å². The zero-order valence-electron chi connectivity index (χ0n) is 21.6. The number of anilines is 2. The van der Waals surface area contributed by atoms with Crippen LogP contribution in [0.1, 0.15) is 30.7 Å². The molecule has 208 valence electrons. The van der Waals surface area contributed by atoms with Crippen LogP contribution in [0.5, 0.6) is 0 Å². The number of sulfonamides is 1. The van der Waals surface area contributed by atoms with E-state index >= 15 is 0 Å². The van der Waals surface area contributed by atoms with Crippen LogP contribution in [0.3, 0.4) is 0 Å². The van der Waals surface area contributed by atoms with Gasteiger partial charge < -0.3 is 25.4 Å². The molecule has 1 atom stereocenters. The van der Waals surface area contributed by atoms with E-state index in [4.69, 9.17) is 15.0 Å². The van der Waals surface area contributed by atoms with Crippen LogP contribution in [0, 0.1) is 5.92 Å². The molecule has 39 heavy (non-hydrogen) atoms. The summed E-state index contributed by atoms with van der Waals surface area (Å²) in [5.41, 5.74) is 9.31. The first-order valence-corrected chi connectivity index (χ1v) is 14.7. The lowest BCUT2D eigenvalue weighted by atomic mass is 10.1. The van der Waals surface area contributed by atoms with Crippen molar-refractivity contribution in [1.29, 1.82) is 0 Å². The molecular weight excluding hydrogens is 542 g/mol. The van der Waals surface area contributed by atoms with Gasteiger partial charge in [-0.15, -0.1) is 11.3 Å². The third-order valence-corrected chi connectivity index (χ3v) is 8.41. The Morgan fingerprint density at radius 1 is 1.26 bits per heavy atom. The molecule has 13 heteroatoms. The van der Waals surface area contributed by atoms with Crippen molar-refractivity contribution in [2.75, 3.05) is 23.1 Å². The van der Waals surface area contributed by atoms with Crippen LogP contribution in [0.25, 0.3) is 10.9 Å². The number of aryl methyl sites for hydroxylation is 1. The average molecular weight is 574 g/mol. The van der Waals surface area contributed by atoms with E-state index < -0.39 is 22.2 Å². The molecule has 2 aromatic heterocycles. The Morgan fingerprint density at radius 2 is 2.08 bits per heavy atom. The summed E-state index contributed by atoms with van der Waals surface area (Å²) in [4.78, 5) is 16.7. The largest absolute Gasteiger partial charge is 0.444 e. The number of amides is 1. The van der Waals surface area contributed by atoms with Crippen molar-refractivity contribution in [3.05, 3.63) is 64.6 Å². The molecular formula is C26H31N5O6S2. The van der Waals surface area contributed by atoms with E-state index in [1.54, 1.807) is 36.0 Å². The number of fused-ring (bicyclic) bond motifs is 1. The fraction of sp³-hybridized carbons (Fsp3) is 0.346. The maximum atomic E-state index is 13.7. The predicted molar refractivity (Wildman–Crippen MR) is 149 cm³/mol. The number of nitrogen functional groups attached to an aromatic ring is 1. The lowest BCUT2D eigenvalue weighted by Crippen LogP contribution is -2.34. The average Bonchev–Trinajstić information content (AvgIpc) is 3.58. The Labute approximate surface area is 230 Å². The predicted octanol–water partition coefficient (Wildman–Crippen LogP) is 3.94. The third kappa shape index (κ3) is 7.25. The van der Waals surface area contributed by atoms with E-state index in [0.29, 0.717) is 29.4 Å². The number of aliphatic hydroxyl groups excluding tert-OH is 1. The molecule has 4 N–H and O–H groups in total. The molecule has 0 saturated heterocycles. The number of carbonyl (C=O) groups excluding carboxylic acids is 1. The summed E-state index contributed by atoms with van der Waals surface area (Å²) < 4.78 is 38.9. The SMILES string of the molecule is CC(C)CN(c1cccc(CCC(O)CNC(=O)OCc2cncs2)c1)S(=O)(=O)c1ccc2noc(N)c2c1. The number of benzene rings is 2. The number of nitrogens with one attached hydrogen (secondary N) is 1. The second-order valence-corrected chi connectivity index (χ2v) is 12.3. The molecule has 11 nitrogen and oxygen atoms in total. The number of hydrogen-bond acceptors (Lipinski definition) is 10. The number of thiazole rings is 1. The van der Waals surface area contributed by atoms with E-state index in [0.717, 1.165) is 10.4 Å². The first kappa shape index (κ1) is 28.3. The Hall–Kier alpha value is -3.68. The first-order valence-electron chi connectivity index (χ1n) is 12.4. The van der Waals surface area contributed by atoms with E-state index in [-0.39, 0.29) is 36.4 Å². The van der Waals surface area contributed by atoms with Gasteiger partial charge in [-0.1, -0.05) is 31.1 Å². The van der Waals surface area contributed by atoms with Crippen molar-refractivity contribution >= 4 is 49.9 Å². The maximum absolute atomic E-state index is 13.7.